The van der Waals surface area contributed by atoms with Crippen molar-refractivity contribution in [2.75, 3.05) is 31.6 Å². The van der Waals surface area contributed by atoms with Crippen LogP contribution in [0.2, 0.25) is 0 Å². The number of ether oxygens (including phenoxy) is 1. The Morgan fingerprint density at radius 2 is 1.65 bits per heavy atom. The van der Waals surface area contributed by atoms with Gasteiger partial charge in [0.15, 0.2) is 0 Å². The summed E-state index contributed by atoms with van der Waals surface area (Å²) in [6.07, 6.45) is 4.56. The Hall–Kier alpha value is -2.38. The van der Waals surface area contributed by atoms with E-state index in [1.807, 2.05) is 19.1 Å². The summed E-state index contributed by atoms with van der Waals surface area (Å²) in [6.45, 7) is 5.48. The molecule has 2 aromatic rings. The van der Waals surface area contributed by atoms with Crippen LogP contribution in [0, 0.1) is 13.8 Å². The van der Waals surface area contributed by atoms with Crippen molar-refractivity contribution >= 4 is 21.6 Å². The number of rotatable bonds is 4. The third kappa shape index (κ3) is 3.96. The van der Waals surface area contributed by atoms with Gasteiger partial charge in [-0.1, -0.05) is 18.6 Å². The molecule has 0 radical (unpaired) electrons. The van der Waals surface area contributed by atoms with Crippen molar-refractivity contribution in [3.05, 3.63) is 52.6 Å². The van der Waals surface area contributed by atoms with Crippen LogP contribution in [0.15, 0.2) is 35.2 Å². The van der Waals surface area contributed by atoms with Crippen molar-refractivity contribution in [3.8, 4) is 5.75 Å². The summed E-state index contributed by atoms with van der Waals surface area (Å²) in [5.74, 6) is 0.474. The number of hydrogen-bond donors (Lipinski definition) is 0. The number of carbonyl (C=O) groups excluding carboxylic acids is 1. The SMILES string of the molecule is COc1ccc(C)c2c1N(C(=O)c1ccc(C)c(S(=O)(=O)N3CCCCC3)c1)CCC2. The second-order valence-electron chi connectivity index (χ2n) is 8.42. The second-order valence-corrected chi connectivity index (χ2v) is 10.3. The highest BCUT2D eigenvalue weighted by Gasteiger charge is 2.31. The van der Waals surface area contributed by atoms with Gasteiger partial charge in [0.05, 0.1) is 17.7 Å². The molecule has 1 amide bonds. The number of methoxy groups -OCH3 is 1. The van der Waals surface area contributed by atoms with Crippen molar-refractivity contribution in [3.63, 3.8) is 0 Å². The lowest BCUT2D eigenvalue weighted by Crippen LogP contribution is -2.37. The highest BCUT2D eigenvalue weighted by atomic mass is 32.2. The Morgan fingerprint density at radius 1 is 0.935 bits per heavy atom. The van der Waals surface area contributed by atoms with Gasteiger partial charge in [-0.2, -0.15) is 4.31 Å². The van der Waals surface area contributed by atoms with E-state index in [-0.39, 0.29) is 10.8 Å². The lowest BCUT2D eigenvalue weighted by molar-refractivity contribution is 0.0984. The quantitative estimate of drug-likeness (QED) is 0.716. The zero-order valence-electron chi connectivity index (χ0n) is 18.5. The van der Waals surface area contributed by atoms with Gasteiger partial charge in [-0.15, -0.1) is 0 Å². The largest absolute Gasteiger partial charge is 0.495 e. The van der Waals surface area contributed by atoms with Gasteiger partial charge in [-0.05, 0) is 74.4 Å². The second kappa shape index (κ2) is 8.63. The normalized spacial score (nSPS) is 17.3. The summed E-state index contributed by atoms with van der Waals surface area (Å²) >= 11 is 0. The maximum absolute atomic E-state index is 13.6. The number of anilines is 1. The van der Waals surface area contributed by atoms with Crippen LogP contribution in [0.3, 0.4) is 0 Å². The Morgan fingerprint density at radius 3 is 2.35 bits per heavy atom. The fraction of sp³-hybridized carbons (Fsp3) is 0.458. The van der Waals surface area contributed by atoms with E-state index < -0.39 is 10.0 Å². The molecule has 2 heterocycles. The minimum Gasteiger partial charge on any atom is -0.495 e. The summed E-state index contributed by atoms with van der Waals surface area (Å²) in [5.41, 5.74) is 4.10. The Kier molecular flexibility index (Phi) is 6.08. The monoisotopic (exact) mass is 442 g/mol. The molecule has 2 aromatic carbocycles. The van der Waals surface area contributed by atoms with E-state index in [2.05, 4.69) is 0 Å². The molecular weight excluding hydrogens is 412 g/mol. The molecule has 1 saturated heterocycles. The molecule has 6 nitrogen and oxygen atoms in total. The molecule has 31 heavy (non-hydrogen) atoms. The first kappa shape index (κ1) is 21.8. The maximum Gasteiger partial charge on any atom is 0.258 e. The molecule has 0 atom stereocenters. The highest BCUT2D eigenvalue weighted by molar-refractivity contribution is 7.89. The van der Waals surface area contributed by atoms with Crippen molar-refractivity contribution in [1.29, 1.82) is 0 Å². The summed E-state index contributed by atoms with van der Waals surface area (Å²) < 4.78 is 33.7. The smallest absolute Gasteiger partial charge is 0.258 e. The van der Waals surface area contributed by atoms with Crippen molar-refractivity contribution in [2.45, 2.75) is 50.8 Å². The van der Waals surface area contributed by atoms with Crippen LogP contribution in [-0.4, -0.2) is 45.4 Å². The minimum atomic E-state index is -3.62. The number of piperidine rings is 1. The average Bonchev–Trinajstić information content (AvgIpc) is 2.79. The number of amides is 1. The van der Waals surface area contributed by atoms with Crippen LogP contribution in [0.5, 0.6) is 5.75 Å². The van der Waals surface area contributed by atoms with E-state index in [0.717, 1.165) is 48.9 Å². The molecule has 2 aliphatic heterocycles. The number of hydrogen-bond acceptors (Lipinski definition) is 4. The highest BCUT2D eigenvalue weighted by Crippen LogP contribution is 2.39. The van der Waals surface area contributed by atoms with Crippen LogP contribution in [0.25, 0.3) is 0 Å². The number of benzene rings is 2. The summed E-state index contributed by atoms with van der Waals surface area (Å²) in [6, 6.07) is 8.92. The first-order valence-corrected chi connectivity index (χ1v) is 12.4. The van der Waals surface area contributed by atoms with Crippen LogP contribution in [-0.2, 0) is 16.4 Å². The van der Waals surface area contributed by atoms with Crippen molar-refractivity contribution in [1.82, 2.24) is 4.31 Å². The third-order valence-electron chi connectivity index (χ3n) is 6.39. The predicted octanol–water partition coefficient (Wildman–Crippen LogP) is 4.08. The van der Waals surface area contributed by atoms with Crippen LogP contribution in [0.1, 0.15) is 52.7 Å². The Bertz CT molecular complexity index is 1100. The molecule has 4 rings (SSSR count). The number of carbonyl (C=O) groups is 1. The number of sulfonamides is 1. The summed E-state index contributed by atoms with van der Waals surface area (Å²) in [5, 5.41) is 0. The van der Waals surface area contributed by atoms with Gasteiger partial charge in [0.25, 0.3) is 5.91 Å². The molecule has 0 aliphatic carbocycles. The van der Waals surface area contributed by atoms with E-state index in [1.54, 1.807) is 41.4 Å². The van der Waals surface area contributed by atoms with Crippen LogP contribution < -0.4 is 9.64 Å². The number of nitrogens with zero attached hydrogens (tertiary/aromatic N) is 2. The van der Waals surface area contributed by atoms with E-state index >= 15 is 0 Å². The number of fused-ring (bicyclic) bond motifs is 1. The van der Waals surface area contributed by atoms with Gasteiger partial charge in [0.1, 0.15) is 5.75 Å². The van der Waals surface area contributed by atoms with Crippen molar-refractivity contribution in [2.24, 2.45) is 0 Å². The molecule has 0 unspecified atom stereocenters. The maximum atomic E-state index is 13.6. The molecular formula is C24H30N2O4S. The zero-order valence-corrected chi connectivity index (χ0v) is 19.3. The fourth-order valence-corrected chi connectivity index (χ4v) is 6.40. The first-order chi connectivity index (χ1) is 14.8. The van der Waals surface area contributed by atoms with Gasteiger partial charge >= 0.3 is 0 Å². The molecule has 0 aromatic heterocycles. The Labute approximate surface area is 184 Å². The van der Waals surface area contributed by atoms with E-state index in [9.17, 15) is 13.2 Å². The minimum absolute atomic E-state index is 0.194. The lowest BCUT2D eigenvalue weighted by Gasteiger charge is -2.32. The van der Waals surface area contributed by atoms with Gasteiger partial charge in [-0.25, -0.2) is 8.42 Å². The topological polar surface area (TPSA) is 66.9 Å². The molecule has 1 fully saturated rings. The molecule has 2 aliphatic rings. The molecule has 7 heteroatoms. The van der Waals surface area contributed by atoms with E-state index in [1.165, 1.54) is 0 Å². The number of aryl methyl sites for hydroxylation is 2. The van der Waals surface area contributed by atoms with Gasteiger partial charge in [0, 0.05) is 25.2 Å². The lowest BCUT2D eigenvalue weighted by atomic mass is 9.95. The average molecular weight is 443 g/mol. The van der Waals surface area contributed by atoms with Gasteiger partial charge in [-0.3, -0.25) is 4.79 Å². The van der Waals surface area contributed by atoms with Gasteiger partial charge in [0.2, 0.25) is 10.0 Å². The van der Waals surface area contributed by atoms with Crippen LogP contribution in [0.4, 0.5) is 5.69 Å². The van der Waals surface area contributed by atoms with Crippen LogP contribution >= 0.6 is 0 Å². The predicted molar refractivity (Wildman–Crippen MR) is 122 cm³/mol. The Balaban J connectivity index is 1.74. The van der Waals surface area contributed by atoms with Crippen molar-refractivity contribution < 1.29 is 17.9 Å². The summed E-state index contributed by atoms with van der Waals surface area (Å²) in [4.78, 5) is 15.5. The molecule has 0 saturated carbocycles. The molecule has 0 N–H and O–H groups in total. The van der Waals surface area contributed by atoms with E-state index in [4.69, 9.17) is 4.74 Å². The standard InChI is InChI=1S/C24H30N2O4S/c1-17-10-12-21(30-3)23-20(17)8-7-15-26(23)24(27)19-11-9-18(2)22(16-19)31(28,29)25-13-5-4-6-14-25/h9-12,16H,4-8,13-15H2,1-3H3. The molecule has 166 valence electrons. The van der Waals surface area contributed by atoms with E-state index in [0.29, 0.717) is 36.5 Å². The van der Waals surface area contributed by atoms with Gasteiger partial charge < -0.3 is 9.64 Å². The fourth-order valence-electron chi connectivity index (χ4n) is 4.63. The molecule has 0 bridgehead atoms. The zero-order chi connectivity index (χ0) is 22.2. The first-order valence-electron chi connectivity index (χ1n) is 10.9. The summed E-state index contributed by atoms with van der Waals surface area (Å²) in [7, 11) is -2.01. The molecule has 0 spiro atoms. The third-order valence-corrected chi connectivity index (χ3v) is 8.43.